The standard InChI is InChI=1S/C20H26ClN3O3S2/c1-16(2)23(14-17-6-4-3-5-7-17)15-19(25)22-10-12-24(13-11-22)29(26,27)20-9-8-18(21)28-20/h3-9,16H,10-15H2,1-2H3. The molecule has 2 aromatic rings. The summed E-state index contributed by atoms with van der Waals surface area (Å²) in [7, 11) is -3.55. The van der Waals surface area contributed by atoms with Crippen molar-refractivity contribution in [2.75, 3.05) is 32.7 Å². The SMILES string of the molecule is CC(C)N(CC(=O)N1CCN(S(=O)(=O)c2ccc(Cl)s2)CC1)Cc1ccccc1. The largest absolute Gasteiger partial charge is 0.339 e. The predicted octanol–water partition coefficient (Wildman–Crippen LogP) is 3.15. The van der Waals surface area contributed by atoms with Gasteiger partial charge >= 0.3 is 0 Å². The second-order valence-electron chi connectivity index (χ2n) is 7.33. The number of thiophene rings is 1. The fraction of sp³-hybridized carbons (Fsp3) is 0.450. The summed E-state index contributed by atoms with van der Waals surface area (Å²) in [6, 6.07) is 13.4. The van der Waals surface area contributed by atoms with Crippen LogP contribution in [0.3, 0.4) is 0 Å². The van der Waals surface area contributed by atoms with E-state index in [0.717, 1.165) is 11.3 Å². The van der Waals surface area contributed by atoms with Crippen LogP contribution in [0.1, 0.15) is 19.4 Å². The highest BCUT2D eigenvalue weighted by Gasteiger charge is 2.31. The molecule has 0 N–H and O–H groups in total. The van der Waals surface area contributed by atoms with Crippen molar-refractivity contribution < 1.29 is 13.2 Å². The van der Waals surface area contributed by atoms with E-state index in [1.807, 2.05) is 18.2 Å². The molecule has 1 fully saturated rings. The molecule has 0 saturated carbocycles. The van der Waals surface area contributed by atoms with Gasteiger partial charge in [-0.3, -0.25) is 9.69 Å². The van der Waals surface area contributed by atoms with Gasteiger partial charge in [-0.15, -0.1) is 11.3 Å². The van der Waals surface area contributed by atoms with Crippen LogP contribution in [0.25, 0.3) is 0 Å². The molecule has 0 spiro atoms. The molecule has 1 aliphatic rings. The first kappa shape index (κ1) is 22.2. The zero-order chi connectivity index (χ0) is 21.0. The second kappa shape index (κ2) is 9.57. The van der Waals surface area contributed by atoms with Crippen LogP contribution in [-0.4, -0.2) is 67.2 Å². The normalized spacial score (nSPS) is 16.0. The number of amides is 1. The summed E-state index contributed by atoms with van der Waals surface area (Å²) in [6.45, 7) is 6.56. The third-order valence-electron chi connectivity index (χ3n) is 5.03. The summed E-state index contributed by atoms with van der Waals surface area (Å²) >= 11 is 6.94. The van der Waals surface area contributed by atoms with Gasteiger partial charge in [0.2, 0.25) is 5.91 Å². The minimum atomic E-state index is -3.55. The maximum absolute atomic E-state index is 12.8. The Balaban J connectivity index is 1.57. The summed E-state index contributed by atoms with van der Waals surface area (Å²) in [5, 5.41) is 0. The number of nitrogens with zero attached hydrogens (tertiary/aromatic N) is 3. The molecule has 1 aromatic carbocycles. The van der Waals surface area contributed by atoms with Gasteiger partial charge in [0.05, 0.1) is 10.9 Å². The lowest BCUT2D eigenvalue weighted by Crippen LogP contribution is -2.52. The highest BCUT2D eigenvalue weighted by Crippen LogP contribution is 2.28. The molecule has 0 radical (unpaired) electrons. The summed E-state index contributed by atoms with van der Waals surface area (Å²) in [4.78, 5) is 16.7. The van der Waals surface area contributed by atoms with Crippen LogP contribution in [0, 0.1) is 0 Å². The van der Waals surface area contributed by atoms with Gasteiger partial charge in [0.1, 0.15) is 4.21 Å². The fourth-order valence-electron chi connectivity index (χ4n) is 3.25. The monoisotopic (exact) mass is 455 g/mol. The first-order valence-electron chi connectivity index (χ1n) is 9.58. The number of carbonyl (C=O) groups is 1. The van der Waals surface area contributed by atoms with Crippen LogP contribution in [0.15, 0.2) is 46.7 Å². The smallest absolute Gasteiger partial charge is 0.252 e. The Morgan fingerprint density at radius 2 is 1.76 bits per heavy atom. The van der Waals surface area contributed by atoms with Crippen molar-refractivity contribution in [1.29, 1.82) is 0 Å². The van der Waals surface area contributed by atoms with E-state index < -0.39 is 10.0 Å². The van der Waals surface area contributed by atoms with E-state index in [0.29, 0.717) is 43.6 Å². The molecule has 0 aliphatic carbocycles. The summed E-state index contributed by atoms with van der Waals surface area (Å²) in [5.41, 5.74) is 1.17. The summed E-state index contributed by atoms with van der Waals surface area (Å²) < 4.78 is 27.6. The van der Waals surface area contributed by atoms with Crippen molar-refractivity contribution in [2.45, 2.75) is 30.6 Å². The molecule has 0 bridgehead atoms. The third-order valence-corrected chi connectivity index (χ3v) is 8.63. The van der Waals surface area contributed by atoms with Crippen LogP contribution in [-0.2, 0) is 21.4 Å². The van der Waals surface area contributed by atoms with E-state index in [4.69, 9.17) is 11.6 Å². The third kappa shape index (κ3) is 5.58. The number of benzene rings is 1. The van der Waals surface area contributed by atoms with Crippen LogP contribution in [0.5, 0.6) is 0 Å². The van der Waals surface area contributed by atoms with E-state index in [-0.39, 0.29) is 16.2 Å². The molecule has 0 unspecified atom stereocenters. The molecule has 9 heteroatoms. The molecule has 1 amide bonds. The maximum Gasteiger partial charge on any atom is 0.252 e. The van der Waals surface area contributed by atoms with Crippen LogP contribution >= 0.6 is 22.9 Å². The van der Waals surface area contributed by atoms with Gasteiger partial charge < -0.3 is 4.90 Å². The Bertz CT molecular complexity index is 923. The number of piperazine rings is 1. The molecule has 0 atom stereocenters. The minimum absolute atomic E-state index is 0.0332. The van der Waals surface area contributed by atoms with Crippen molar-refractivity contribution in [2.24, 2.45) is 0 Å². The van der Waals surface area contributed by atoms with Crippen LogP contribution in [0.2, 0.25) is 4.34 Å². The second-order valence-corrected chi connectivity index (χ2v) is 11.2. The number of rotatable bonds is 7. The first-order chi connectivity index (χ1) is 13.8. The number of halogens is 1. The number of hydrogen-bond acceptors (Lipinski definition) is 5. The van der Waals surface area contributed by atoms with E-state index in [2.05, 4.69) is 30.9 Å². The predicted molar refractivity (Wildman–Crippen MR) is 117 cm³/mol. The van der Waals surface area contributed by atoms with Crippen LogP contribution in [0.4, 0.5) is 0 Å². The highest BCUT2D eigenvalue weighted by molar-refractivity contribution is 7.91. The Morgan fingerprint density at radius 1 is 1.10 bits per heavy atom. The topological polar surface area (TPSA) is 60.9 Å². The summed E-state index contributed by atoms with van der Waals surface area (Å²) in [6.07, 6.45) is 0. The van der Waals surface area contributed by atoms with Crippen molar-refractivity contribution in [3.63, 3.8) is 0 Å². The molecule has 1 aliphatic heterocycles. The van der Waals surface area contributed by atoms with Gasteiger partial charge in [-0.2, -0.15) is 4.31 Å². The summed E-state index contributed by atoms with van der Waals surface area (Å²) in [5.74, 6) is 0.0332. The highest BCUT2D eigenvalue weighted by atomic mass is 35.5. The van der Waals surface area contributed by atoms with Gasteiger partial charge in [-0.25, -0.2) is 8.42 Å². The van der Waals surface area contributed by atoms with Crippen molar-refractivity contribution in [1.82, 2.24) is 14.1 Å². The lowest BCUT2D eigenvalue weighted by atomic mass is 10.2. The van der Waals surface area contributed by atoms with Gasteiger partial charge in [0, 0.05) is 38.8 Å². The van der Waals surface area contributed by atoms with Gasteiger partial charge in [-0.1, -0.05) is 41.9 Å². The average Bonchev–Trinajstić information content (AvgIpc) is 3.15. The first-order valence-corrected chi connectivity index (χ1v) is 12.2. The lowest BCUT2D eigenvalue weighted by Gasteiger charge is -2.35. The Labute approximate surface area is 181 Å². The molecule has 6 nitrogen and oxygen atoms in total. The zero-order valence-electron chi connectivity index (χ0n) is 16.6. The van der Waals surface area contributed by atoms with E-state index in [9.17, 15) is 13.2 Å². The molecule has 2 heterocycles. The van der Waals surface area contributed by atoms with Gasteiger partial charge in [-0.05, 0) is 31.5 Å². The molecular formula is C20H26ClN3O3S2. The number of carbonyl (C=O) groups excluding carboxylic acids is 1. The lowest BCUT2D eigenvalue weighted by molar-refractivity contribution is -0.134. The van der Waals surface area contributed by atoms with Gasteiger partial charge in [0.25, 0.3) is 10.0 Å². The van der Waals surface area contributed by atoms with E-state index in [1.165, 1.54) is 15.9 Å². The molecule has 1 aromatic heterocycles. The van der Waals surface area contributed by atoms with E-state index >= 15 is 0 Å². The molecule has 1 saturated heterocycles. The molecular weight excluding hydrogens is 430 g/mol. The van der Waals surface area contributed by atoms with Crippen molar-refractivity contribution >= 4 is 38.9 Å². The number of sulfonamides is 1. The quantitative estimate of drug-likeness (QED) is 0.643. The van der Waals surface area contributed by atoms with Crippen molar-refractivity contribution in [3.8, 4) is 0 Å². The molecule has 29 heavy (non-hydrogen) atoms. The zero-order valence-corrected chi connectivity index (χ0v) is 19.0. The fourth-order valence-corrected chi connectivity index (χ4v) is 6.31. The van der Waals surface area contributed by atoms with Crippen molar-refractivity contribution in [3.05, 3.63) is 52.4 Å². The Hall–Kier alpha value is -1.45. The average molecular weight is 456 g/mol. The maximum atomic E-state index is 12.8. The van der Waals surface area contributed by atoms with Crippen LogP contribution < -0.4 is 0 Å². The van der Waals surface area contributed by atoms with Gasteiger partial charge in [0.15, 0.2) is 0 Å². The Morgan fingerprint density at radius 3 is 2.31 bits per heavy atom. The molecule has 3 rings (SSSR count). The van der Waals surface area contributed by atoms with E-state index in [1.54, 1.807) is 11.0 Å². The number of hydrogen-bond donors (Lipinski definition) is 0. The Kier molecular flexibility index (Phi) is 7.34. The molecule has 158 valence electrons. The minimum Gasteiger partial charge on any atom is -0.339 e.